The third kappa shape index (κ3) is 1.82. The standard InChI is InChI=1S/C14H19NO2/c1-2-17-11-8-10(9-11)15-7-6-12-13(15)4-3-5-14(12)16/h6-7,10-11H,2-5,8-9H2,1H3. The van der Waals surface area contributed by atoms with Gasteiger partial charge in [0.1, 0.15) is 0 Å². The summed E-state index contributed by atoms with van der Waals surface area (Å²) in [7, 11) is 0. The zero-order valence-electron chi connectivity index (χ0n) is 10.3. The Balaban J connectivity index is 1.75. The summed E-state index contributed by atoms with van der Waals surface area (Å²) in [6, 6.07) is 2.56. The Kier molecular flexibility index (Phi) is 2.79. The highest BCUT2D eigenvalue weighted by Crippen LogP contribution is 2.37. The summed E-state index contributed by atoms with van der Waals surface area (Å²) < 4.78 is 7.91. The summed E-state index contributed by atoms with van der Waals surface area (Å²) in [5, 5.41) is 0. The molecule has 1 fully saturated rings. The molecule has 3 rings (SSSR count). The fourth-order valence-electron chi connectivity index (χ4n) is 3.03. The van der Waals surface area contributed by atoms with Crippen molar-refractivity contribution in [1.82, 2.24) is 4.57 Å². The van der Waals surface area contributed by atoms with Gasteiger partial charge in [0, 0.05) is 36.5 Å². The van der Waals surface area contributed by atoms with Gasteiger partial charge in [-0.15, -0.1) is 0 Å². The molecule has 1 saturated carbocycles. The maximum Gasteiger partial charge on any atom is 0.164 e. The largest absolute Gasteiger partial charge is 0.378 e. The first-order chi connectivity index (χ1) is 8.29. The number of rotatable bonds is 3. The molecule has 17 heavy (non-hydrogen) atoms. The minimum atomic E-state index is 0.325. The van der Waals surface area contributed by atoms with Crippen LogP contribution in [0.15, 0.2) is 12.3 Å². The number of fused-ring (bicyclic) bond motifs is 1. The monoisotopic (exact) mass is 233 g/mol. The lowest BCUT2D eigenvalue weighted by atomic mass is 9.88. The van der Waals surface area contributed by atoms with Gasteiger partial charge in [-0.3, -0.25) is 4.79 Å². The van der Waals surface area contributed by atoms with Crippen molar-refractivity contribution in [2.45, 2.75) is 51.2 Å². The molecule has 3 nitrogen and oxygen atoms in total. The molecule has 0 bridgehead atoms. The lowest BCUT2D eigenvalue weighted by Crippen LogP contribution is -2.34. The first-order valence-corrected chi connectivity index (χ1v) is 6.64. The smallest absolute Gasteiger partial charge is 0.164 e. The van der Waals surface area contributed by atoms with Crippen molar-refractivity contribution in [2.24, 2.45) is 0 Å². The topological polar surface area (TPSA) is 31.2 Å². The molecule has 2 aliphatic rings. The van der Waals surface area contributed by atoms with Crippen LogP contribution in [0.3, 0.4) is 0 Å². The maximum atomic E-state index is 11.8. The van der Waals surface area contributed by atoms with Crippen molar-refractivity contribution in [3.05, 3.63) is 23.5 Å². The zero-order valence-corrected chi connectivity index (χ0v) is 10.3. The molecule has 0 unspecified atom stereocenters. The molecule has 1 heterocycles. The van der Waals surface area contributed by atoms with Gasteiger partial charge in [-0.1, -0.05) is 0 Å². The Morgan fingerprint density at radius 2 is 2.24 bits per heavy atom. The predicted octanol–water partition coefficient (Wildman–Crippen LogP) is 2.75. The molecule has 0 saturated heterocycles. The molecule has 1 aromatic rings. The van der Waals surface area contributed by atoms with Crippen LogP contribution >= 0.6 is 0 Å². The Hall–Kier alpha value is -1.09. The molecule has 1 aromatic heterocycles. The molecule has 0 radical (unpaired) electrons. The van der Waals surface area contributed by atoms with Crippen molar-refractivity contribution < 1.29 is 9.53 Å². The SMILES string of the molecule is CCOC1CC(n2ccc3c2CCCC3=O)C1. The van der Waals surface area contributed by atoms with Crippen molar-refractivity contribution in [3.8, 4) is 0 Å². The number of nitrogens with zero attached hydrogens (tertiary/aromatic N) is 1. The minimum absolute atomic E-state index is 0.325. The molecule has 0 N–H and O–H groups in total. The molecule has 92 valence electrons. The van der Waals surface area contributed by atoms with Crippen LogP contribution in [0, 0.1) is 0 Å². The normalized spacial score (nSPS) is 27.7. The summed E-state index contributed by atoms with van der Waals surface area (Å²) >= 11 is 0. The van der Waals surface area contributed by atoms with E-state index in [0.717, 1.165) is 44.3 Å². The van der Waals surface area contributed by atoms with E-state index in [2.05, 4.69) is 10.8 Å². The number of ketones is 1. The van der Waals surface area contributed by atoms with Crippen molar-refractivity contribution >= 4 is 5.78 Å². The van der Waals surface area contributed by atoms with Gasteiger partial charge in [0.05, 0.1) is 6.10 Å². The highest BCUT2D eigenvalue weighted by atomic mass is 16.5. The molecule has 0 aliphatic heterocycles. The third-order valence-corrected chi connectivity index (χ3v) is 4.01. The van der Waals surface area contributed by atoms with Gasteiger partial charge in [-0.2, -0.15) is 0 Å². The van der Waals surface area contributed by atoms with Gasteiger partial charge < -0.3 is 9.30 Å². The number of carbonyl (C=O) groups excluding carboxylic acids is 1. The number of hydrogen-bond donors (Lipinski definition) is 0. The molecular formula is C14H19NO2. The van der Waals surface area contributed by atoms with Crippen molar-refractivity contribution in [1.29, 1.82) is 0 Å². The van der Waals surface area contributed by atoms with Crippen LogP contribution in [0.4, 0.5) is 0 Å². The maximum absolute atomic E-state index is 11.8. The number of aromatic nitrogens is 1. The van der Waals surface area contributed by atoms with Crippen LogP contribution in [0.1, 0.15) is 54.7 Å². The molecule has 3 heteroatoms. The second-order valence-electron chi connectivity index (χ2n) is 5.06. The summed E-state index contributed by atoms with van der Waals surface area (Å²) in [6.07, 6.45) is 7.53. The molecule has 0 spiro atoms. The van der Waals surface area contributed by atoms with Gasteiger partial charge in [0.25, 0.3) is 0 Å². The summed E-state index contributed by atoms with van der Waals surface area (Å²) in [5.74, 6) is 0.325. The van der Waals surface area contributed by atoms with Crippen LogP contribution in [0.25, 0.3) is 0 Å². The van der Waals surface area contributed by atoms with Gasteiger partial charge in [0.2, 0.25) is 0 Å². The van der Waals surface area contributed by atoms with E-state index < -0.39 is 0 Å². The van der Waals surface area contributed by atoms with Crippen LogP contribution in [-0.4, -0.2) is 23.1 Å². The van der Waals surface area contributed by atoms with Crippen LogP contribution in [-0.2, 0) is 11.2 Å². The Morgan fingerprint density at radius 3 is 3.00 bits per heavy atom. The zero-order chi connectivity index (χ0) is 11.8. The summed E-state index contributed by atoms with van der Waals surface area (Å²) in [4.78, 5) is 11.8. The fourth-order valence-corrected chi connectivity index (χ4v) is 3.03. The van der Waals surface area contributed by atoms with E-state index in [0.29, 0.717) is 17.9 Å². The third-order valence-electron chi connectivity index (χ3n) is 4.01. The predicted molar refractivity (Wildman–Crippen MR) is 65.4 cm³/mol. The lowest BCUT2D eigenvalue weighted by Gasteiger charge is -2.37. The van der Waals surface area contributed by atoms with Crippen molar-refractivity contribution in [3.63, 3.8) is 0 Å². The average molecular weight is 233 g/mol. The summed E-state index contributed by atoms with van der Waals surface area (Å²) in [5.41, 5.74) is 2.23. The van der Waals surface area contributed by atoms with Gasteiger partial charge in [0.15, 0.2) is 5.78 Å². The second-order valence-corrected chi connectivity index (χ2v) is 5.06. The van der Waals surface area contributed by atoms with E-state index in [9.17, 15) is 4.79 Å². The molecule has 0 amide bonds. The van der Waals surface area contributed by atoms with Crippen LogP contribution in [0.5, 0.6) is 0 Å². The van der Waals surface area contributed by atoms with Gasteiger partial charge in [-0.05, 0) is 38.7 Å². The quantitative estimate of drug-likeness (QED) is 0.803. The van der Waals surface area contributed by atoms with Gasteiger partial charge in [-0.25, -0.2) is 0 Å². The minimum Gasteiger partial charge on any atom is -0.378 e. The van der Waals surface area contributed by atoms with Crippen LogP contribution in [0.2, 0.25) is 0 Å². The Bertz CT molecular complexity index is 429. The lowest BCUT2D eigenvalue weighted by molar-refractivity contribution is -0.0202. The first-order valence-electron chi connectivity index (χ1n) is 6.64. The Labute approximate surface area is 102 Å². The summed E-state index contributed by atoms with van der Waals surface area (Å²) in [6.45, 7) is 2.85. The van der Waals surface area contributed by atoms with E-state index >= 15 is 0 Å². The number of carbonyl (C=O) groups is 1. The number of hydrogen-bond acceptors (Lipinski definition) is 2. The highest BCUT2D eigenvalue weighted by Gasteiger charge is 2.33. The number of ether oxygens (including phenoxy) is 1. The molecule has 0 atom stereocenters. The first kappa shape index (κ1) is 11.0. The molecule has 2 aliphatic carbocycles. The molecule has 0 aromatic carbocycles. The van der Waals surface area contributed by atoms with Gasteiger partial charge >= 0.3 is 0 Å². The van der Waals surface area contributed by atoms with E-state index in [1.54, 1.807) is 0 Å². The van der Waals surface area contributed by atoms with E-state index in [1.165, 1.54) is 5.69 Å². The van der Waals surface area contributed by atoms with E-state index in [-0.39, 0.29) is 0 Å². The van der Waals surface area contributed by atoms with E-state index in [4.69, 9.17) is 4.74 Å². The Morgan fingerprint density at radius 1 is 1.41 bits per heavy atom. The van der Waals surface area contributed by atoms with Crippen LogP contribution < -0.4 is 0 Å². The average Bonchev–Trinajstić information content (AvgIpc) is 2.68. The fraction of sp³-hybridized carbons (Fsp3) is 0.643. The number of Topliss-reactive ketones (excluding diaryl/α,β-unsaturated/α-hetero) is 1. The second kappa shape index (κ2) is 4.30. The highest BCUT2D eigenvalue weighted by molar-refractivity contribution is 5.98. The van der Waals surface area contributed by atoms with Crippen molar-refractivity contribution in [2.75, 3.05) is 6.61 Å². The molecular weight excluding hydrogens is 214 g/mol. The van der Waals surface area contributed by atoms with E-state index in [1.807, 2.05) is 13.0 Å².